The van der Waals surface area contributed by atoms with Crippen molar-refractivity contribution in [3.05, 3.63) is 89.0 Å². The average molecular weight is 431 g/mol. The number of carbonyl (C=O) groups excluding carboxylic acids is 1. The molecule has 0 aliphatic carbocycles. The van der Waals surface area contributed by atoms with Crippen LogP contribution in [0.1, 0.15) is 10.4 Å². The summed E-state index contributed by atoms with van der Waals surface area (Å²) in [7, 11) is 1.84. The van der Waals surface area contributed by atoms with E-state index in [-0.39, 0.29) is 11.5 Å². The first-order valence-electron chi connectivity index (χ1n) is 9.45. The van der Waals surface area contributed by atoms with Crippen molar-refractivity contribution in [3.63, 3.8) is 0 Å². The fraction of sp³-hybridized carbons (Fsp3) is 0.0435. The highest BCUT2D eigenvalue weighted by atomic mass is 35.5. The van der Waals surface area contributed by atoms with Crippen molar-refractivity contribution in [2.24, 2.45) is 0 Å². The first-order chi connectivity index (χ1) is 15.0. The number of hydrogen-bond donors (Lipinski definition) is 3. The van der Waals surface area contributed by atoms with Gasteiger partial charge >= 0.3 is 0 Å². The van der Waals surface area contributed by atoms with Gasteiger partial charge in [-0.2, -0.15) is 4.98 Å². The molecule has 4 aromatic rings. The third-order valence-electron chi connectivity index (χ3n) is 4.87. The first kappa shape index (κ1) is 20.3. The van der Waals surface area contributed by atoms with E-state index in [4.69, 9.17) is 22.4 Å². The predicted octanol–water partition coefficient (Wildman–Crippen LogP) is 4.64. The van der Waals surface area contributed by atoms with Gasteiger partial charge in [0.1, 0.15) is 5.82 Å². The summed E-state index contributed by atoms with van der Waals surface area (Å²) in [5.41, 5.74) is 2.52. The van der Waals surface area contributed by atoms with Gasteiger partial charge in [0.2, 0.25) is 5.62 Å². The van der Waals surface area contributed by atoms with Crippen molar-refractivity contribution in [2.45, 2.75) is 0 Å². The van der Waals surface area contributed by atoms with E-state index in [1.807, 2.05) is 60.5 Å². The Labute approximate surface area is 183 Å². The summed E-state index contributed by atoms with van der Waals surface area (Å²) in [6.07, 6.45) is 1.04. The topological polar surface area (TPSA) is 97.9 Å². The van der Waals surface area contributed by atoms with Crippen LogP contribution in [-0.2, 0) is 0 Å². The summed E-state index contributed by atoms with van der Waals surface area (Å²) < 4.78 is 1.36. The highest BCUT2D eigenvalue weighted by Gasteiger charge is 2.15. The molecule has 0 saturated heterocycles. The maximum absolute atomic E-state index is 12.5. The predicted molar refractivity (Wildman–Crippen MR) is 124 cm³/mol. The quantitative estimate of drug-likeness (QED) is 0.317. The second kappa shape index (κ2) is 8.41. The summed E-state index contributed by atoms with van der Waals surface area (Å²) in [6.45, 7) is 0. The summed E-state index contributed by atoms with van der Waals surface area (Å²) in [5.74, 6) is 0.347. The Balaban J connectivity index is 1.72. The standard InChI is InChI=1S/C23H19ClN6O/c1-29(21-19-11-10-16(24)12-20(19)30(14-25)23(26)28-21)18-9-5-8-17(13-18)27-22(31)15-6-3-2-4-7-15/h2-14,25-26H,1H3,(H,27,31). The molecule has 0 spiro atoms. The SMILES string of the molecule is CN(c1cccc(NC(=O)c2ccccc2)c1)c1nc(=N)n(C=N)c2cc(Cl)ccc12. The minimum atomic E-state index is -0.196. The van der Waals surface area contributed by atoms with E-state index >= 15 is 0 Å². The minimum Gasteiger partial charge on any atom is -0.329 e. The molecule has 3 aromatic carbocycles. The molecule has 1 aromatic heterocycles. The van der Waals surface area contributed by atoms with Crippen molar-refractivity contribution in [3.8, 4) is 0 Å². The lowest BCUT2D eigenvalue weighted by Crippen LogP contribution is -2.26. The number of nitrogens with zero attached hydrogens (tertiary/aromatic N) is 3. The Morgan fingerprint density at radius 3 is 2.61 bits per heavy atom. The first-order valence-corrected chi connectivity index (χ1v) is 9.83. The highest BCUT2D eigenvalue weighted by molar-refractivity contribution is 6.31. The van der Waals surface area contributed by atoms with Crippen LogP contribution < -0.4 is 15.8 Å². The van der Waals surface area contributed by atoms with Gasteiger partial charge in [-0.25, -0.2) is 0 Å². The Kier molecular flexibility index (Phi) is 5.51. The number of amides is 1. The van der Waals surface area contributed by atoms with Crippen molar-refractivity contribution in [2.75, 3.05) is 17.3 Å². The molecule has 1 heterocycles. The number of halogens is 1. The fourth-order valence-corrected chi connectivity index (χ4v) is 3.48. The lowest BCUT2D eigenvalue weighted by Gasteiger charge is -2.22. The van der Waals surface area contributed by atoms with Gasteiger partial charge < -0.3 is 10.2 Å². The number of benzene rings is 3. The zero-order chi connectivity index (χ0) is 22.0. The van der Waals surface area contributed by atoms with Crippen molar-refractivity contribution < 1.29 is 4.79 Å². The van der Waals surface area contributed by atoms with E-state index in [1.54, 1.807) is 24.3 Å². The molecule has 0 bridgehead atoms. The molecular formula is C23H19ClN6O. The van der Waals surface area contributed by atoms with Gasteiger partial charge in [-0.1, -0.05) is 35.9 Å². The van der Waals surface area contributed by atoms with Gasteiger partial charge in [0.15, 0.2) is 0 Å². The molecule has 3 N–H and O–H groups in total. The van der Waals surface area contributed by atoms with Crippen molar-refractivity contribution in [1.29, 1.82) is 10.8 Å². The molecule has 154 valence electrons. The number of carbonyl (C=O) groups is 1. The molecule has 1 amide bonds. The maximum atomic E-state index is 12.5. The van der Waals surface area contributed by atoms with Gasteiger partial charge in [0.25, 0.3) is 5.91 Å². The van der Waals surface area contributed by atoms with Crippen LogP contribution in [0.4, 0.5) is 17.2 Å². The monoisotopic (exact) mass is 430 g/mol. The van der Waals surface area contributed by atoms with Gasteiger partial charge in [0, 0.05) is 34.4 Å². The smallest absolute Gasteiger partial charge is 0.255 e. The van der Waals surface area contributed by atoms with Gasteiger partial charge in [-0.05, 0) is 48.5 Å². The van der Waals surface area contributed by atoms with Gasteiger partial charge in [0.05, 0.1) is 11.9 Å². The minimum absolute atomic E-state index is 0.0832. The number of fused-ring (bicyclic) bond motifs is 1. The van der Waals surface area contributed by atoms with Crippen LogP contribution in [0.25, 0.3) is 10.9 Å². The third kappa shape index (κ3) is 4.04. The summed E-state index contributed by atoms with van der Waals surface area (Å²) in [4.78, 5) is 18.7. The zero-order valence-electron chi connectivity index (χ0n) is 16.6. The molecule has 0 aliphatic heterocycles. The largest absolute Gasteiger partial charge is 0.329 e. The van der Waals surface area contributed by atoms with Crippen molar-refractivity contribution in [1.82, 2.24) is 9.55 Å². The van der Waals surface area contributed by atoms with E-state index in [2.05, 4.69) is 10.3 Å². The van der Waals surface area contributed by atoms with Gasteiger partial charge in [-0.3, -0.25) is 20.2 Å². The molecule has 31 heavy (non-hydrogen) atoms. The Morgan fingerprint density at radius 1 is 1.10 bits per heavy atom. The summed E-state index contributed by atoms with van der Waals surface area (Å²) >= 11 is 6.14. The second-order valence-corrected chi connectivity index (χ2v) is 7.29. The Morgan fingerprint density at radius 2 is 1.87 bits per heavy atom. The third-order valence-corrected chi connectivity index (χ3v) is 5.11. The fourth-order valence-electron chi connectivity index (χ4n) is 3.32. The van der Waals surface area contributed by atoms with E-state index in [9.17, 15) is 4.79 Å². The van der Waals surface area contributed by atoms with Crippen LogP contribution >= 0.6 is 11.6 Å². The van der Waals surface area contributed by atoms with Crippen LogP contribution in [0.15, 0.2) is 72.8 Å². The Bertz CT molecular complexity index is 1350. The van der Waals surface area contributed by atoms with Crippen LogP contribution in [0.5, 0.6) is 0 Å². The van der Waals surface area contributed by atoms with Crippen molar-refractivity contribution >= 4 is 51.9 Å². The molecule has 4 rings (SSSR count). The van der Waals surface area contributed by atoms with Crippen LogP contribution in [0, 0.1) is 10.8 Å². The number of anilines is 3. The maximum Gasteiger partial charge on any atom is 0.255 e. The molecule has 0 aliphatic rings. The summed E-state index contributed by atoms with van der Waals surface area (Å²) in [6, 6.07) is 21.7. The molecule has 7 nitrogen and oxygen atoms in total. The number of hydrogen-bond acceptors (Lipinski definition) is 5. The van der Waals surface area contributed by atoms with E-state index in [0.29, 0.717) is 27.6 Å². The van der Waals surface area contributed by atoms with Crippen LogP contribution in [0.2, 0.25) is 5.02 Å². The molecule has 0 radical (unpaired) electrons. The normalized spacial score (nSPS) is 10.6. The molecule has 8 heteroatoms. The number of rotatable bonds is 5. The summed E-state index contributed by atoms with van der Waals surface area (Å²) in [5, 5.41) is 20.0. The second-order valence-electron chi connectivity index (χ2n) is 6.85. The lowest BCUT2D eigenvalue weighted by atomic mass is 10.2. The van der Waals surface area contributed by atoms with Gasteiger partial charge in [-0.15, -0.1) is 0 Å². The highest BCUT2D eigenvalue weighted by Crippen LogP contribution is 2.30. The van der Waals surface area contributed by atoms with E-state index in [1.165, 1.54) is 4.57 Å². The van der Waals surface area contributed by atoms with E-state index < -0.39 is 0 Å². The van der Waals surface area contributed by atoms with Crippen LogP contribution in [0.3, 0.4) is 0 Å². The molecule has 0 unspecified atom stereocenters. The number of nitrogens with one attached hydrogen (secondary N) is 3. The van der Waals surface area contributed by atoms with Crippen LogP contribution in [-0.4, -0.2) is 28.8 Å². The average Bonchev–Trinajstić information content (AvgIpc) is 2.78. The molecule has 0 saturated carbocycles. The lowest BCUT2D eigenvalue weighted by molar-refractivity contribution is 0.102. The molecule has 0 atom stereocenters. The van der Waals surface area contributed by atoms with E-state index in [0.717, 1.165) is 17.4 Å². The number of aromatic nitrogens is 2. The Hall–Kier alpha value is -3.97. The molecule has 0 fully saturated rings. The zero-order valence-corrected chi connectivity index (χ0v) is 17.4. The molecular weight excluding hydrogens is 412 g/mol.